The molecule has 1 aliphatic rings. The number of para-hydroxylation sites is 2. The Balaban J connectivity index is 1.51. The summed E-state index contributed by atoms with van der Waals surface area (Å²) < 4.78 is 0. The number of H-pyrrole nitrogens is 1. The Morgan fingerprint density at radius 1 is 1.29 bits per heavy atom. The first kappa shape index (κ1) is 20.3. The minimum atomic E-state index is -0.00401. The maximum atomic E-state index is 12.8. The number of nitrogens with zero attached hydrogens (tertiary/aromatic N) is 3. The summed E-state index contributed by atoms with van der Waals surface area (Å²) in [5.74, 6) is 1.10. The largest absolute Gasteiger partial charge is 0.355 e. The van der Waals surface area contributed by atoms with Crippen LogP contribution in [-0.2, 0) is 16.0 Å². The fourth-order valence-electron chi connectivity index (χ4n) is 4.00. The lowest BCUT2D eigenvalue weighted by Gasteiger charge is -2.28. The predicted molar refractivity (Wildman–Crippen MR) is 110 cm³/mol. The van der Waals surface area contributed by atoms with E-state index in [1.807, 2.05) is 36.1 Å². The summed E-state index contributed by atoms with van der Waals surface area (Å²) >= 11 is 0. The molecule has 0 spiro atoms. The van der Waals surface area contributed by atoms with E-state index in [-0.39, 0.29) is 17.9 Å². The molecule has 2 heterocycles. The Morgan fingerprint density at radius 3 is 2.75 bits per heavy atom. The number of fused-ring (bicyclic) bond motifs is 1. The molecule has 1 aromatic heterocycles. The number of imidazole rings is 1. The molecule has 1 aromatic carbocycles. The molecule has 0 aliphatic carbocycles. The number of amides is 2. The first-order valence-corrected chi connectivity index (χ1v) is 10.2. The minimum absolute atomic E-state index is 0.00401. The third kappa shape index (κ3) is 4.90. The van der Waals surface area contributed by atoms with E-state index in [0.717, 1.165) is 36.1 Å². The van der Waals surface area contributed by atoms with Crippen molar-refractivity contribution in [1.82, 2.24) is 25.1 Å². The summed E-state index contributed by atoms with van der Waals surface area (Å²) in [5, 5.41) is 2.89. The van der Waals surface area contributed by atoms with Crippen LogP contribution in [0.2, 0.25) is 0 Å². The van der Waals surface area contributed by atoms with Gasteiger partial charge in [0.25, 0.3) is 0 Å². The van der Waals surface area contributed by atoms with E-state index in [4.69, 9.17) is 0 Å². The van der Waals surface area contributed by atoms with Crippen molar-refractivity contribution in [3.05, 3.63) is 30.1 Å². The average Bonchev–Trinajstić information content (AvgIpc) is 3.24. The standard InChI is InChI=1S/C21H31N5O2/c1-4-26(12-11-20-23-18-7-5-6-8-19(18)24-20)21(28)13-16-9-10-17(25(16)3)14-22-15(2)27/h5-8,16-17H,4,9-14H2,1-3H3,(H,22,27)(H,23,24)/t16-,17+/m0/s1. The first-order valence-electron chi connectivity index (χ1n) is 10.2. The molecule has 2 amide bonds. The summed E-state index contributed by atoms with van der Waals surface area (Å²) in [6.07, 6.45) is 3.26. The van der Waals surface area contributed by atoms with Gasteiger partial charge in [-0.1, -0.05) is 12.1 Å². The van der Waals surface area contributed by atoms with Gasteiger partial charge in [0, 0.05) is 51.5 Å². The number of rotatable bonds is 8. The van der Waals surface area contributed by atoms with Crippen LogP contribution in [0.25, 0.3) is 11.0 Å². The molecule has 7 heteroatoms. The Bertz CT molecular complexity index is 785. The van der Waals surface area contributed by atoms with Gasteiger partial charge in [-0.2, -0.15) is 0 Å². The van der Waals surface area contributed by atoms with Crippen LogP contribution in [0.3, 0.4) is 0 Å². The van der Waals surface area contributed by atoms with Crippen LogP contribution >= 0.6 is 0 Å². The molecule has 2 N–H and O–H groups in total. The monoisotopic (exact) mass is 385 g/mol. The molecule has 0 radical (unpaired) electrons. The zero-order valence-corrected chi connectivity index (χ0v) is 17.1. The van der Waals surface area contributed by atoms with Crippen molar-refractivity contribution in [2.75, 3.05) is 26.7 Å². The summed E-state index contributed by atoms with van der Waals surface area (Å²) in [5.41, 5.74) is 1.99. The van der Waals surface area contributed by atoms with Crippen molar-refractivity contribution in [3.8, 4) is 0 Å². The fourth-order valence-corrected chi connectivity index (χ4v) is 4.00. The molecule has 152 valence electrons. The second kappa shape index (κ2) is 9.19. The van der Waals surface area contributed by atoms with Crippen LogP contribution in [0.15, 0.2) is 24.3 Å². The average molecular weight is 386 g/mol. The number of likely N-dealkylation sites (tertiary alicyclic amines) is 1. The number of hydrogen-bond donors (Lipinski definition) is 2. The molecule has 1 saturated heterocycles. The van der Waals surface area contributed by atoms with Crippen LogP contribution in [0, 0.1) is 0 Å². The van der Waals surface area contributed by atoms with Crippen LogP contribution < -0.4 is 5.32 Å². The SMILES string of the molecule is CCN(CCc1nc2ccccc2[nH]1)C(=O)C[C@@H]1CC[C@H](CNC(C)=O)N1C. The molecule has 2 aromatic rings. The molecular formula is C21H31N5O2. The predicted octanol–water partition coefficient (Wildman–Crippen LogP) is 1.94. The number of aromatic amines is 1. The van der Waals surface area contributed by atoms with E-state index < -0.39 is 0 Å². The minimum Gasteiger partial charge on any atom is -0.355 e. The van der Waals surface area contributed by atoms with E-state index in [0.29, 0.717) is 32.1 Å². The van der Waals surface area contributed by atoms with Crippen LogP contribution in [0.4, 0.5) is 0 Å². The van der Waals surface area contributed by atoms with Gasteiger partial charge < -0.3 is 15.2 Å². The van der Waals surface area contributed by atoms with E-state index in [2.05, 4.69) is 27.2 Å². The Kier molecular flexibility index (Phi) is 6.67. The van der Waals surface area contributed by atoms with E-state index >= 15 is 0 Å². The molecule has 7 nitrogen and oxygen atoms in total. The van der Waals surface area contributed by atoms with Gasteiger partial charge in [0.2, 0.25) is 11.8 Å². The van der Waals surface area contributed by atoms with Gasteiger partial charge in [0.15, 0.2) is 0 Å². The zero-order valence-electron chi connectivity index (χ0n) is 17.1. The lowest BCUT2D eigenvalue weighted by molar-refractivity contribution is -0.132. The highest BCUT2D eigenvalue weighted by molar-refractivity contribution is 5.77. The van der Waals surface area contributed by atoms with E-state index in [9.17, 15) is 9.59 Å². The van der Waals surface area contributed by atoms with Crippen molar-refractivity contribution in [3.63, 3.8) is 0 Å². The number of aromatic nitrogens is 2. The van der Waals surface area contributed by atoms with Crippen LogP contribution in [-0.4, -0.2) is 70.3 Å². The van der Waals surface area contributed by atoms with Crippen molar-refractivity contribution in [1.29, 1.82) is 0 Å². The maximum absolute atomic E-state index is 12.8. The third-order valence-electron chi connectivity index (χ3n) is 5.77. The van der Waals surface area contributed by atoms with Gasteiger partial charge in [-0.05, 0) is 38.9 Å². The lowest BCUT2D eigenvalue weighted by atomic mass is 10.1. The van der Waals surface area contributed by atoms with Crippen LogP contribution in [0.5, 0.6) is 0 Å². The molecule has 1 fully saturated rings. The first-order chi connectivity index (χ1) is 13.5. The molecule has 0 bridgehead atoms. The second-order valence-corrected chi connectivity index (χ2v) is 7.62. The van der Waals surface area contributed by atoms with Gasteiger partial charge in [-0.3, -0.25) is 14.5 Å². The lowest BCUT2D eigenvalue weighted by Crippen LogP contribution is -2.43. The summed E-state index contributed by atoms with van der Waals surface area (Å²) in [7, 11) is 2.06. The van der Waals surface area contributed by atoms with Crippen molar-refractivity contribution in [2.24, 2.45) is 0 Å². The quantitative estimate of drug-likeness (QED) is 0.728. The molecule has 0 saturated carbocycles. The van der Waals surface area contributed by atoms with Gasteiger partial charge in [-0.15, -0.1) is 0 Å². The second-order valence-electron chi connectivity index (χ2n) is 7.62. The molecule has 3 rings (SSSR count). The Morgan fingerprint density at radius 2 is 2.04 bits per heavy atom. The summed E-state index contributed by atoms with van der Waals surface area (Å²) in [4.78, 5) is 36.1. The van der Waals surface area contributed by atoms with Crippen LogP contribution in [0.1, 0.15) is 38.9 Å². The fraction of sp³-hybridized carbons (Fsp3) is 0.571. The van der Waals surface area contributed by atoms with Gasteiger partial charge in [0.05, 0.1) is 11.0 Å². The molecule has 28 heavy (non-hydrogen) atoms. The Hall–Kier alpha value is -2.41. The maximum Gasteiger partial charge on any atom is 0.224 e. The number of hydrogen-bond acceptors (Lipinski definition) is 4. The number of likely N-dealkylation sites (N-methyl/N-ethyl adjacent to an activating group) is 2. The highest BCUT2D eigenvalue weighted by atomic mass is 16.2. The number of carbonyl (C=O) groups excluding carboxylic acids is 2. The van der Waals surface area contributed by atoms with Gasteiger partial charge in [-0.25, -0.2) is 4.98 Å². The highest BCUT2D eigenvalue weighted by Gasteiger charge is 2.32. The summed E-state index contributed by atoms with van der Waals surface area (Å²) in [6, 6.07) is 8.53. The molecular weight excluding hydrogens is 354 g/mol. The Labute approximate surface area is 166 Å². The van der Waals surface area contributed by atoms with Gasteiger partial charge >= 0.3 is 0 Å². The van der Waals surface area contributed by atoms with Crippen molar-refractivity contribution >= 4 is 22.8 Å². The molecule has 0 unspecified atom stereocenters. The zero-order chi connectivity index (χ0) is 20.1. The normalized spacial score (nSPS) is 19.8. The van der Waals surface area contributed by atoms with Crippen molar-refractivity contribution < 1.29 is 9.59 Å². The van der Waals surface area contributed by atoms with E-state index in [1.54, 1.807) is 0 Å². The summed E-state index contributed by atoms with van der Waals surface area (Å²) in [6.45, 7) is 5.58. The van der Waals surface area contributed by atoms with Gasteiger partial charge in [0.1, 0.15) is 5.82 Å². The smallest absolute Gasteiger partial charge is 0.224 e. The number of benzene rings is 1. The van der Waals surface area contributed by atoms with E-state index in [1.165, 1.54) is 6.92 Å². The molecule has 2 atom stereocenters. The highest BCUT2D eigenvalue weighted by Crippen LogP contribution is 2.25. The topological polar surface area (TPSA) is 81.3 Å². The number of nitrogens with one attached hydrogen (secondary N) is 2. The number of carbonyl (C=O) groups is 2. The third-order valence-corrected chi connectivity index (χ3v) is 5.77. The van der Waals surface area contributed by atoms with Crippen molar-refractivity contribution in [2.45, 2.75) is 51.6 Å². The molecule has 1 aliphatic heterocycles.